The van der Waals surface area contributed by atoms with Crippen molar-refractivity contribution < 1.29 is 14.3 Å². The van der Waals surface area contributed by atoms with E-state index in [1.807, 2.05) is 18.2 Å². The van der Waals surface area contributed by atoms with Crippen LogP contribution in [0.25, 0.3) is 0 Å². The second-order valence-electron chi connectivity index (χ2n) is 6.68. The summed E-state index contributed by atoms with van der Waals surface area (Å²) in [6.07, 6.45) is 6.41. The predicted octanol–water partition coefficient (Wildman–Crippen LogP) is 2.98. The summed E-state index contributed by atoms with van der Waals surface area (Å²) < 4.78 is 10.5. The molecule has 0 unspecified atom stereocenters. The van der Waals surface area contributed by atoms with Crippen molar-refractivity contribution >= 4 is 12.1 Å². The molecule has 1 aromatic rings. The molecule has 0 aromatic heterocycles. The minimum atomic E-state index is 0.0394. The standard InChI is InChI=1S/C18H24N2O3/c1-18-9-5-4-6-14(18)16(18)17(21)20-19-11-12-10-13(22-2)7-8-15(12)23-3/h7-8,10-11,14,16H,4-6,9H2,1-3H3,(H,20,21)/b19-11-/t14-,16+,18+/m1/s1. The number of benzene rings is 1. The summed E-state index contributed by atoms with van der Waals surface area (Å²) in [4.78, 5) is 12.4. The van der Waals surface area contributed by atoms with E-state index in [1.165, 1.54) is 19.3 Å². The Morgan fingerprint density at radius 3 is 2.83 bits per heavy atom. The Kier molecular flexibility index (Phi) is 4.28. The number of amides is 1. The molecule has 2 aliphatic carbocycles. The molecule has 5 nitrogen and oxygen atoms in total. The van der Waals surface area contributed by atoms with Gasteiger partial charge in [0.1, 0.15) is 11.5 Å². The zero-order valence-corrected chi connectivity index (χ0v) is 14.0. The van der Waals surface area contributed by atoms with E-state index in [-0.39, 0.29) is 17.2 Å². The highest BCUT2D eigenvalue weighted by atomic mass is 16.5. The van der Waals surface area contributed by atoms with Crippen LogP contribution in [0.1, 0.15) is 38.2 Å². The van der Waals surface area contributed by atoms with Gasteiger partial charge in [0.25, 0.3) is 0 Å². The second-order valence-corrected chi connectivity index (χ2v) is 6.68. The van der Waals surface area contributed by atoms with Crippen LogP contribution in [0.2, 0.25) is 0 Å². The highest BCUT2D eigenvalue weighted by Crippen LogP contribution is 2.66. The molecule has 1 N–H and O–H groups in total. The van der Waals surface area contributed by atoms with Crippen molar-refractivity contribution in [2.45, 2.75) is 32.6 Å². The summed E-state index contributed by atoms with van der Waals surface area (Å²) in [6.45, 7) is 2.23. The maximum absolute atomic E-state index is 12.4. The van der Waals surface area contributed by atoms with Gasteiger partial charge in [0.2, 0.25) is 5.91 Å². The molecule has 2 saturated carbocycles. The fourth-order valence-corrected chi connectivity index (χ4v) is 4.03. The SMILES string of the molecule is COc1ccc(OC)c(/C=N\NC(=O)[C@@H]2[C@H]3CCCC[C@@]32C)c1. The number of carbonyl (C=O) groups is 1. The smallest absolute Gasteiger partial charge is 0.244 e. The van der Waals surface area contributed by atoms with Crippen LogP contribution >= 0.6 is 0 Å². The third-order valence-corrected chi connectivity index (χ3v) is 5.43. The molecular weight excluding hydrogens is 292 g/mol. The molecule has 1 aromatic carbocycles. The lowest BCUT2D eigenvalue weighted by molar-refractivity contribution is -0.123. The zero-order chi connectivity index (χ0) is 16.4. The third kappa shape index (κ3) is 2.92. The number of hydrogen-bond donors (Lipinski definition) is 1. The molecule has 2 fully saturated rings. The number of fused-ring (bicyclic) bond motifs is 1. The quantitative estimate of drug-likeness (QED) is 0.671. The van der Waals surface area contributed by atoms with E-state index >= 15 is 0 Å². The lowest BCUT2D eigenvalue weighted by Crippen LogP contribution is -2.22. The van der Waals surface area contributed by atoms with Gasteiger partial charge >= 0.3 is 0 Å². The monoisotopic (exact) mass is 316 g/mol. The molecule has 0 bridgehead atoms. The summed E-state index contributed by atoms with van der Waals surface area (Å²) in [5, 5.41) is 4.12. The fourth-order valence-electron chi connectivity index (χ4n) is 4.03. The summed E-state index contributed by atoms with van der Waals surface area (Å²) >= 11 is 0. The first kappa shape index (κ1) is 15.8. The zero-order valence-electron chi connectivity index (χ0n) is 14.0. The van der Waals surface area contributed by atoms with Crippen LogP contribution in [0.5, 0.6) is 11.5 Å². The van der Waals surface area contributed by atoms with Crippen molar-refractivity contribution in [2.24, 2.45) is 22.4 Å². The number of nitrogens with zero attached hydrogens (tertiary/aromatic N) is 1. The Bertz CT molecular complexity index is 629. The normalized spacial score (nSPS) is 29.0. The highest BCUT2D eigenvalue weighted by Gasteiger charge is 2.64. The van der Waals surface area contributed by atoms with Crippen LogP contribution in [0.15, 0.2) is 23.3 Å². The Hall–Kier alpha value is -2.04. The van der Waals surface area contributed by atoms with Crippen molar-refractivity contribution in [3.63, 3.8) is 0 Å². The van der Waals surface area contributed by atoms with Crippen molar-refractivity contribution in [1.82, 2.24) is 5.43 Å². The molecule has 0 heterocycles. The van der Waals surface area contributed by atoms with Gasteiger partial charge in [0.15, 0.2) is 0 Å². The first-order chi connectivity index (χ1) is 11.1. The molecule has 2 aliphatic rings. The molecular formula is C18H24N2O3. The second kappa shape index (κ2) is 6.22. The van der Waals surface area contributed by atoms with Crippen LogP contribution in [-0.2, 0) is 4.79 Å². The van der Waals surface area contributed by atoms with Crippen molar-refractivity contribution in [3.8, 4) is 11.5 Å². The molecule has 23 heavy (non-hydrogen) atoms. The van der Waals surface area contributed by atoms with Gasteiger partial charge in [-0.3, -0.25) is 4.79 Å². The van der Waals surface area contributed by atoms with Crippen molar-refractivity contribution in [1.29, 1.82) is 0 Å². The lowest BCUT2D eigenvalue weighted by Gasteiger charge is -2.15. The third-order valence-electron chi connectivity index (χ3n) is 5.43. The van der Waals surface area contributed by atoms with Crippen molar-refractivity contribution in [3.05, 3.63) is 23.8 Å². The summed E-state index contributed by atoms with van der Waals surface area (Å²) in [7, 11) is 3.22. The average molecular weight is 316 g/mol. The van der Waals surface area contributed by atoms with Gasteiger partial charge < -0.3 is 9.47 Å². The highest BCUT2D eigenvalue weighted by molar-refractivity contribution is 5.87. The molecule has 5 heteroatoms. The molecule has 0 saturated heterocycles. The van der Waals surface area contributed by atoms with Crippen LogP contribution in [0, 0.1) is 17.3 Å². The van der Waals surface area contributed by atoms with E-state index in [4.69, 9.17) is 9.47 Å². The Morgan fingerprint density at radius 1 is 1.35 bits per heavy atom. The number of hydrogen-bond acceptors (Lipinski definition) is 4. The first-order valence-corrected chi connectivity index (χ1v) is 8.15. The minimum absolute atomic E-state index is 0.0394. The van der Waals surface area contributed by atoms with E-state index in [0.29, 0.717) is 11.7 Å². The average Bonchev–Trinajstić information content (AvgIpc) is 3.20. The van der Waals surface area contributed by atoms with Gasteiger partial charge in [-0.2, -0.15) is 5.10 Å². The molecule has 0 aliphatic heterocycles. The van der Waals surface area contributed by atoms with Crippen molar-refractivity contribution in [2.75, 3.05) is 14.2 Å². The van der Waals surface area contributed by atoms with Gasteiger partial charge in [-0.15, -0.1) is 0 Å². The first-order valence-electron chi connectivity index (χ1n) is 8.15. The molecule has 1 amide bonds. The van der Waals surface area contributed by atoms with E-state index in [2.05, 4.69) is 17.5 Å². The largest absolute Gasteiger partial charge is 0.497 e. The number of rotatable bonds is 5. The van der Waals surface area contributed by atoms with E-state index in [1.54, 1.807) is 20.4 Å². The molecule has 3 atom stereocenters. The summed E-state index contributed by atoms with van der Waals surface area (Å²) in [5.41, 5.74) is 3.67. The van der Waals surface area contributed by atoms with Crippen LogP contribution in [0.3, 0.4) is 0 Å². The van der Waals surface area contributed by atoms with E-state index in [0.717, 1.165) is 17.7 Å². The summed E-state index contributed by atoms with van der Waals surface area (Å²) in [6, 6.07) is 5.47. The van der Waals surface area contributed by atoms with Gasteiger partial charge in [-0.1, -0.05) is 19.8 Å². The van der Waals surface area contributed by atoms with E-state index in [9.17, 15) is 4.79 Å². The Balaban J connectivity index is 1.64. The van der Waals surface area contributed by atoms with Gasteiger partial charge in [-0.05, 0) is 42.4 Å². The number of methoxy groups -OCH3 is 2. The molecule has 3 rings (SSSR count). The molecule has 0 radical (unpaired) electrons. The molecule has 124 valence electrons. The maximum atomic E-state index is 12.4. The fraction of sp³-hybridized carbons (Fsp3) is 0.556. The Labute approximate surface area is 137 Å². The number of ether oxygens (including phenoxy) is 2. The topological polar surface area (TPSA) is 59.9 Å². The van der Waals surface area contributed by atoms with Crippen LogP contribution in [-0.4, -0.2) is 26.3 Å². The number of nitrogens with one attached hydrogen (secondary N) is 1. The van der Waals surface area contributed by atoms with Gasteiger partial charge in [-0.25, -0.2) is 5.43 Å². The van der Waals surface area contributed by atoms with E-state index < -0.39 is 0 Å². The van der Waals surface area contributed by atoms with Gasteiger partial charge in [0, 0.05) is 11.5 Å². The minimum Gasteiger partial charge on any atom is -0.497 e. The predicted molar refractivity (Wildman–Crippen MR) is 88.8 cm³/mol. The van der Waals surface area contributed by atoms with Crippen LogP contribution in [0.4, 0.5) is 0 Å². The van der Waals surface area contributed by atoms with Gasteiger partial charge in [0.05, 0.1) is 20.4 Å². The number of hydrazone groups is 1. The lowest BCUT2D eigenvalue weighted by atomic mass is 9.90. The number of carbonyl (C=O) groups excluding carboxylic acids is 1. The summed E-state index contributed by atoms with van der Waals surface area (Å²) in [5.74, 6) is 2.11. The van der Waals surface area contributed by atoms with Crippen LogP contribution < -0.4 is 14.9 Å². The Morgan fingerprint density at radius 2 is 2.17 bits per heavy atom. The molecule has 0 spiro atoms. The maximum Gasteiger partial charge on any atom is 0.244 e.